The van der Waals surface area contributed by atoms with Crippen molar-refractivity contribution in [3.8, 4) is 0 Å². The van der Waals surface area contributed by atoms with Crippen LogP contribution in [0.3, 0.4) is 0 Å². The van der Waals surface area contributed by atoms with E-state index < -0.39 is 12.2 Å². The molecule has 23 heavy (non-hydrogen) atoms. The van der Waals surface area contributed by atoms with Gasteiger partial charge in [0.05, 0.1) is 12.1 Å². The van der Waals surface area contributed by atoms with Crippen molar-refractivity contribution in [2.45, 2.75) is 90.0 Å². The van der Waals surface area contributed by atoms with Crippen molar-refractivity contribution in [2.24, 2.45) is 11.5 Å². The summed E-state index contributed by atoms with van der Waals surface area (Å²) in [5, 5.41) is 28.7. The quantitative estimate of drug-likeness (QED) is 0.272. The Morgan fingerprint density at radius 2 is 1.83 bits per heavy atom. The fourth-order valence-corrected chi connectivity index (χ4v) is 2.89. The van der Waals surface area contributed by atoms with Gasteiger partial charge in [0.2, 0.25) is 0 Å². The lowest BCUT2D eigenvalue weighted by Crippen LogP contribution is -2.43. The molecule has 7 heteroatoms. The summed E-state index contributed by atoms with van der Waals surface area (Å²) in [7, 11) is 0. The first kappa shape index (κ1) is 21.7. The highest BCUT2D eigenvalue weighted by Gasteiger charge is 2.33. The minimum Gasteiger partial charge on any atom is -0.550 e. The van der Waals surface area contributed by atoms with Crippen LogP contribution in [-0.2, 0) is 4.79 Å². The highest BCUT2D eigenvalue weighted by Crippen LogP contribution is 2.23. The number of nitrogens with zero attached hydrogens (tertiary/aromatic N) is 1. The Balaban J connectivity index is 0.00000108. The molecule has 0 bridgehead atoms. The zero-order chi connectivity index (χ0) is 17.8. The number of unbranched alkanes of at least 4 members (excludes halogenated alkanes) is 4. The molecule has 0 aliphatic carbocycles. The fourth-order valence-electron chi connectivity index (χ4n) is 2.89. The van der Waals surface area contributed by atoms with E-state index in [1.54, 1.807) is 4.58 Å². The molecule has 7 nitrogen and oxygen atoms in total. The second-order valence-electron chi connectivity index (χ2n) is 6.13. The van der Waals surface area contributed by atoms with Crippen molar-refractivity contribution in [3.05, 3.63) is 0 Å². The van der Waals surface area contributed by atoms with Gasteiger partial charge < -0.3 is 20.1 Å². The van der Waals surface area contributed by atoms with Crippen LogP contribution in [-0.4, -0.2) is 45.1 Å². The average molecular weight is 331 g/mol. The number of hydrogen-bond donors (Lipinski definition) is 4. The molecule has 1 aliphatic rings. The van der Waals surface area contributed by atoms with E-state index in [4.69, 9.17) is 21.4 Å². The minimum absolute atomic E-state index is 0.0747. The van der Waals surface area contributed by atoms with Crippen molar-refractivity contribution < 1.29 is 24.7 Å². The van der Waals surface area contributed by atoms with Gasteiger partial charge in [-0.3, -0.25) is 11.5 Å². The molecule has 1 heterocycles. The summed E-state index contributed by atoms with van der Waals surface area (Å²) < 4.78 is 1.64. The Morgan fingerprint density at radius 3 is 2.35 bits per heavy atom. The van der Waals surface area contributed by atoms with Crippen LogP contribution >= 0.6 is 0 Å². The lowest BCUT2D eigenvalue weighted by atomic mass is 10.0. The number of hydrogen-bond acceptors (Lipinski definition) is 4. The van der Waals surface area contributed by atoms with Crippen LogP contribution in [0.15, 0.2) is 0 Å². The van der Waals surface area contributed by atoms with Gasteiger partial charge in [-0.2, -0.15) is 0 Å². The lowest BCUT2D eigenvalue weighted by molar-refractivity contribution is -0.619. The molecule has 1 fully saturated rings. The molecule has 0 spiro atoms. The summed E-state index contributed by atoms with van der Waals surface area (Å²) in [6.45, 7) is 3.17. The van der Waals surface area contributed by atoms with Gasteiger partial charge in [-0.15, -0.1) is 0 Å². The number of carboxylic acids is 1. The zero-order valence-corrected chi connectivity index (χ0v) is 14.4. The first-order valence-electron chi connectivity index (χ1n) is 8.49. The topological polar surface area (TPSA) is 136 Å². The van der Waals surface area contributed by atoms with E-state index in [0.717, 1.165) is 26.2 Å². The normalized spacial score (nSPS) is 21.5. The van der Waals surface area contributed by atoms with Crippen LogP contribution in [0.5, 0.6) is 0 Å². The third-order valence-corrected chi connectivity index (χ3v) is 3.96. The summed E-state index contributed by atoms with van der Waals surface area (Å²) in [5.74, 6) is -0.926. The molecule has 6 N–H and O–H groups in total. The van der Waals surface area contributed by atoms with E-state index in [-0.39, 0.29) is 18.1 Å². The number of guanidine groups is 1. The first-order chi connectivity index (χ1) is 10.8. The molecule has 0 radical (unpaired) electrons. The third-order valence-electron chi connectivity index (χ3n) is 3.96. The Morgan fingerprint density at radius 1 is 1.26 bits per heavy atom. The van der Waals surface area contributed by atoms with Crippen LogP contribution < -0.4 is 16.6 Å². The van der Waals surface area contributed by atoms with Crippen molar-refractivity contribution in [3.63, 3.8) is 0 Å². The van der Waals surface area contributed by atoms with Gasteiger partial charge in [0.25, 0.3) is 0 Å². The van der Waals surface area contributed by atoms with Crippen LogP contribution in [0.4, 0.5) is 0 Å². The van der Waals surface area contributed by atoms with E-state index >= 15 is 0 Å². The molecule has 0 amide bonds. The molecule has 0 aromatic rings. The first-order valence-corrected chi connectivity index (χ1v) is 8.49. The average Bonchev–Trinajstić information content (AvgIpc) is 2.78. The van der Waals surface area contributed by atoms with Crippen molar-refractivity contribution in [1.82, 2.24) is 0 Å². The number of rotatable bonds is 8. The van der Waals surface area contributed by atoms with Gasteiger partial charge in [0, 0.05) is 18.8 Å². The van der Waals surface area contributed by atoms with Crippen LogP contribution in [0.2, 0.25) is 0 Å². The standard InChI is InChI=1S/C14H29N3O2.C2H4O2/c1-2-3-4-5-6-7-12(18)10-11-8-9-13(19)17(11)14(15)16;1-2(3)4/h11-13,18-19H,2-10H2,1H3,(H3,15,16);1H3,(H,3,4)/t11-,12-,13?;/m0./s1. The second-order valence-corrected chi connectivity index (χ2v) is 6.13. The molecule has 3 atom stereocenters. The van der Waals surface area contributed by atoms with Gasteiger partial charge in [0.1, 0.15) is 0 Å². The van der Waals surface area contributed by atoms with E-state index in [0.29, 0.717) is 12.8 Å². The van der Waals surface area contributed by atoms with Crippen LogP contribution in [0.25, 0.3) is 0 Å². The van der Waals surface area contributed by atoms with E-state index in [1.165, 1.54) is 25.7 Å². The summed E-state index contributed by atoms with van der Waals surface area (Å²) in [4.78, 5) is 8.89. The second kappa shape index (κ2) is 12.1. The lowest BCUT2D eigenvalue weighted by Gasteiger charge is -2.18. The maximum atomic E-state index is 10.1. The molecule has 1 saturated heterocycles. The maximum Gasteiger partial charge on any atom is 0.343 e. The molecule has 0 saturated carbocycles. The number of aliphatic hydroxyl groups excluding tert-OH is 2. The summed E-state index contributed by atoms with van der Waals surface area (Å²) in [6.07, 6.45) is 8.09. The van der Waals surface area contributed by atoms with Crippen molar-refractivity contribution in [2.75, 3.05) is 0 Å². The highest BCUT2D eigenvalue weighted by atomic mass is 16.4. The van der Waals surface area contributed by atoms with Crippen molar-refractivity contribution in [1.29, 1.82) is 0 Å². The molecule has 1 unspecified atom stereocenters. The Labute approximate surface area is 139 Å². The number of aliphatic hydroxyl groups is 2. The van der Waals surface area contributed by atoms with E-state index in [1.807, 2.05) is 0 Å². The number of nitrogens with two attached hydrogens (primary N) is 2. The molecular weight excluding hydrogens is 298 g/mol. The van der Waals surface area contributed by atoms with Crippen molar-refractivity contribution >= 4 is 11.9 Å². The Hall–Kier alpha value is -1.34. The predicted octanol–water partition coefficient (Wildman–Crippen LogP) is -0.379. The number of carbonyl (C=O) groups is 1. The van der Waals surface area contributed by atoms with Gasteiger partial charge >= 0.3 is 5.96 Å². The molecular formula is C16H33N3O4. The molecule has 1 rings (SSSR count). The SMILES string of the molecule is CC(=O)[O-].CCCCCCC[C@H](O)C[C@@H]1CCC(O)[N+]1=C(N)N. The van der Waals surface area contributed by atoms with Gasteiger partial charge in [-0.25, -0.2) is 4.58 Å². The summed E-state index contributed by atoms with van der Waals surface area (Å²) >= 11 is 0. The van der Waals surface area contributed by atoms with Crippen LogP contribution in [0, 0.1) is 0 Å². The molecule has 0 aromatic carbocycles. The fraction of sp³-hybridized carbons (Fsp3) is 0.875. The smallest absolute Gasteiger partial charge is 0.343 e. The maximum absolute atomic E-state index is 10.1. The summed E-state index contributed by atoms with van der Waals surface area (Å²) in [5.41, 5.74) is 11.2. The summed E-state index contributed by atoms with van der Waals surface area (Å²) in [6, 6.07) is 0.0747. The predicted molar refractivity (Wildman–Crippen MR) is 87.4 cm³/mol. The Kier molecular flexibility index (Phi) is 11.4. The van der Waals surface area contributed by atoms with Gasteiger partial charge in [0.15, 0.2) is 6.23 Å². The minimum atomic E-state index is -1.08. The van der Waals surface area contributed by atoms with E-state index in [9.17, 15) is 10.2 Å². The zero-order valence-electron chi connectivity index (χ0n) is 14.4. The largest absolute Gasteiger partial charge is 0.550 e. The highest BCUT2D eigenvalue weighted by molar-refractivity contribution is 5.70. The van der Waals surface area contributed by atoms with Gasteiger partial charge in [-0.1, -0.05) is 39.0 Å². The molecule has 0 aromatic heterocycles. The van der Waals surface area contributed by atoms with E-state index in [2.05, 4.69) is 6.92 Å². The van der Waals surface area contributed by atoms with Crippen LogP contribution in [0.1, 0.15) is 71.6 Å². The molecule has 1 aliphatic heterocycles. The monoisotopic (exact) mass is 331 g/mol. The third kappa shape index (κ3) is 10.1. The number of carbonyl (C=O) groups excluding carboxylic acids is 1. The molecule has 136 valence electrons. The van der Waals surface area contributed by atoms with Gasteiger partial charge in [-0.05, 0) is 19.8 Å². The number of carboxylic acid groups (broad SMARTS) is 1. The Bertz CT molecular complexity index is 366. The number of aliphatic carboxylic acids is 1.